The van der Waals surface area contributed by atoms with Crippen LogP contribution in [0.4, 0.5) is 4.79 Å². The van der Waals surface area contributed by atoms with Crippen LogP contribution in [0.15, 0.2) is 17.3 Å². The number of amides is 2. The number of allylic oxidation sites excluding steroid dienone is 2. The van der Waals surface area contributed by atoms with Gasteiger partial charge in [0, 0.05) is 11.1 Å². The number of fused-ring (bicyclic) bond motifs is 1. The molecule has 3 N–H and O–H groups in total. The van der Waals surface area contributed by atoms with Crippen molar-refractivity contribution in [3.8, 4) is 0 Å². The van der Waals surface area contributed by atoms with Gasteiger partial charge in [0.15, 0.2) is 0 Å². The van der Waals surface area contributed by atoms with Crippen molar-refractivity contribution < 1.29 is 4.79 Å². The first-order valence-corrected chi connectivity index (χ1v) is 5.65. The molecule has 2 aliphatic carbocycles. The Hall–Kier alpha value is -1.32. The number of carbonyl (C=O) groups is 1. The number of nitrogens with one attached hydrogen (secondary N) is 1. The van der Waals surface area contributed by atoms with Gasteiger partial charge in [0.1, 0.15) is 0 Å². The number of urea groups is 1. The second-order valence-corrected chi connectivity index (χ2v) is 5.73. The zero-order valence-electron chi connectivity index (χ0n) is 10.1. The summed E-state index contributed by atoms with van der Waals surface area (Å²) in [5.41, 5.74) is 8.74. The monoisotopic (exact) mass is 221 g/mol. The maximum Gasteiger partial charge on any atom is 0.332 e. The standard InChI is InChI=1S/C12H19N3O/c1-11(2)7-9(14-15-10(13)16)12(3)6-4-5-8(11)12/h4-5,8H,6-7H2,1-3H3,(H3,13,15,16)/b14-9-/t8-,12-/m0/s1. The molecule has 0 bridgehead atoms. The van der Waals surface area contributed by atoms with Crippen LogP contribution in [0.25, 0.3) is 0 Å². The molecular weight excluding hydrogens is 202 g/mol. The average Bonchev–Trinajstić information content (AvgIpc) is 2.62. The van der Waals surface area contributed by atoms with Gasteiger partial charge in [-0.25, -0.2) is 10.2 Å². The second-order valence-electron chi connectivity index (χ2n) is 5.73. The molecule has 0 aliphatic heterocycles. The molecule has 0 radical (unpaired) electrons. The van der Waals surface area contributed by atoms with Crippen molar-refractivity contribution in [1.82, 2.24) is 5.43 Å². The van der Waals surface area contributed by atoms with Crippen molar-refractivity contribution in [3.63, 3.8) is 0 Å². The van der Waals surface area contributed by atoms with E-state index < -0.39 is 6.03 Å². The van der Waals surface area contributed by atoms with E-state index in [1.807, 2.05) is 0 Å². The van der Waals surface area contributed by atoms with Crippen LogP contribution < -0.4 is 11.2 Å². The highest BCUT2D eigenvalue weighted by molar-refractivity contribution is 5.94. The number of rotatable bonds is 1. The highest BCUT2D eigenvalue weighted by atomic mass is 16.2. The molecule has 0 spiro atoms. The molecule has 2 aliphatic rings. The number of hydrazone groups is 1. The van der Waals surface area contributed by atoms with Gasteiger partial charge in [-0.05, 0) is 24.2 Å². The van der Waals surface area contributed by atoms with E-state index >= 15 is 0 Å². The van der Waals surface area contributed by atoms with Crippen molar-refractivity contribution in [2.45, 2.75) is 33.6 Å². The summed E-state index contributed by atoms with van der Waals surface area (Å²) in [6.07, 6.45) is 6.41. The average molecular weight is 221 g/mol. The SMILES string of the molecule is CC1(C)C/C(=N/NC(N)=O)[C@@]2(C)CC=C[C@@H]12. The Bertz CT molecular complexity index is 384. The van der Waals surface area contributed by atoms with Crippen LogP contribution in [0.1, 0.15) is 33.6 Å². The summed E-state index contributed by atoms with van der Waals surface area (Å²) in [6, 6.07) is -0.594. The zero-order valence-corrected chi connectivity index (χ0v) is 10.1. The van der Waals surface area contributed by atoms with Crippen LogP contribution >= 0.6 is 0 Å². The molecule has 0 saturated heterocycles. The van der Waals surface area contributed by atoms with E-state index in [1.165, 1.54) is 0 Å². The molecule has 88 valence electrons. The van der Waals surface area contributed by atoms with E-state index in [4.69, 9.17) is 5.73 Å². The van der Waals surface area contributed by atoms with Crippen LogP contribution in [-0.2, 0) is 0 Å². The first-order valence-electron chi connectivity index (χ1n) is 5.65. The first-order chi connectivity index (χ1) is 7.36. The normalized spacial score (nSPS) is 37.7. The van der Waals surface area contributed by atoms with Crippen molar-refractivity contribution in [2.24, 2.45) is 27.6 Å². The summed E-state index contributed by atoms with van der Waals surface area (Å²) in [7, 11) is 0. The number of hydrogen-bond donors (Lipinski definition) is 2. The van der Waals surface area contributed by atoms with Crippen molar-refractivity contribution in [2.75, 3.05) is 0 Å². The summed E-state index contributed by atoms with van der Waals surface area (Å²) < 4.78 is 0. The molecule has 0 aromatic rings. The Balaban J connectivity index is 2.30. The minimum atomic E-state index is -0.594. The Morgan fingerprint density at radius 1 is 1.56 bits per heavy atom. The summed E-state index contributed by atoms with van der Waals surface area (Å²) in [5, 5.41) is 4.18. The van der Waals surface area contributed by atoms with E-state index in [-0.39, 0.29) is 10.8 Å². The molecule has 0 aromatic carbocycles. The minimum absolute atomic E-state index is 0.0615. The predicted molar refractivity (Wildman–Crippen MR) is 63.9 cm³/mol. The number of nitrogens with two attached hydrogens (primary N) is 1. The molecular formula is C12H19N3O. The van der Waals surface area contributed by atoms with Gasteiger partial charge in [-0.1, -0.05) is 32.9 Å². The fourth-order valence-corrected chi connectivity index (χ4v) is 3.24. The van der Waals surface area contributed by atoms with Crippen molar-refractivity contribution >= 4 is 11.7 Å². The molecule has 2 rings (SSSR count). The lowest BCUT2D eigenvalue weighted by atomic mass is 9.73. The Morgan fingerprint density at radius 2 is 2.25 bits per heavy atom. The molecule has 1 saturated carbocycles. The molecule has 4 heteroatoms. The van der Waals surface area contributed by atoms with Gasteiger partial charge < -0.3 is 5.73 Å². The van der Waals surface area contributed by atoms with E-state index in [9.17, 15) is 4.79 Å². The molecule has 1 fully saturated rings. The third-order valence-corrected chi connectivity index (χ3v) is 3.98. The topological polar surface area (TPSA) is 67.5 Å². The highest BCUT2D eigenvalue weighted by Crippen LogP contribution is 2.57. The van der Waals surface area contributed by atoms with Crippen LogP contribution in [-0.4, -0.2) is 11.7 Å². The maximum atomic E-state index is 10.7. The Kier molecular flexibility index (Phi) is 2.33. The van der Waals surface area contributed by atoms with Gasteiger partial charge >= 0.3 is 6.03 Å². The summed E-state index contributed by atoms with van der Waals surface area (Å²) in [4.78, 5) is 10.7. The van der Waals surface area contributed by atoms with Crippen LogP contribution in [0.5, 0.6) is 0 Å². The predicted octanol–water partition coefficient (Wildman–Crippen LogP) is 2.02. The van der Waals surface area contributed by atoms with Crippen LogP contribution in [0, 0.1) is 16.7 Å². The minimum Gasteiger partial charge on any atom is -0.350 e. The van der Waals surface area contributed by atoms with E-state index in [0.717, 1.165) is 18.6 Å². The summed E-state index contributed by atoms with van der Waals surface area (Å²) >= 11 is 0. The molecule has 0 unspecified atom stereocenters. The van der Waals surface area contributed by atoms with Crippen LogP contribution in [0.2, 0.25) is 0 Å². The van der Waals surface area contributed by atoms with Gasteiger partial charge in [-0.3, -0.25) is 0 Å². The highest BCUT2D eigenvalue weighted by Gasteiger charge is 2.54. The molecule has 0 heterocycles. The second kappa shape index (κ2) is 3.34. The Labute approximate surface area is 96.0 Å². The van der Waals surface area contributed by atoms with Gasteiger partial charge in [0.2, 0.25) is 0 Å². The molecule has 4 nitrogen and oxygen atoms in total. The number of primary amides is 1. The first kappa shape index (κ1) is 11.2. The van der Waals surface area contributed by atoms with Gasteiger partial charge in [0.25, 0.3) is 0 Å². The van der Waals surface area contributed by atoms with E-state index in [1.54, 1.807) is 0 Å². The van der Waals surface area contributed by atoms with Gasteiger partial charge in [-0.2, -0.15) is 5.10 Å². The third-order valence-electron chi connectivity index (χ3n) is 3.98. The number of hydrogen-bond acceptors (Lipinski definition) is 2. The largest absolute Gasteiger partial charge is 0.350 e. The third kappa shape index (κ3) is 1.52. The maximum absolute atomic E-state index is 10.7. The smallest absolute Gasteiger partial charge is 0.332 e. The Morgan fingerprint density at radius 3 is 2.88 bits per heavy atom. The lowest BCUT2D eigenvalue weighted by Crippen LogP contribution is -2.31. The van der Waals surface area contributed by atoms with Crippen LogP contribution in [0.3, 0.4) is 0 Å². The zero-order chi connectivity index (χ0) is 12.0. The number of carbonyl (C=O) groups excluding carboxylic acids is 1. The van der Waals surface area contributed by atoms with E-state index in [0.29, 0.717) is 5.92 Å². The van der Waals surface area contributed by atoms with Crippen molar-refractivity contribution in [1.29, 1.82) is 0 Å². The summed E-state index contributed by atoms with van der Waals surface area (Å²) in [6.45, 7) is 6.71. The van der Waals surface area contributed by atoms with E-state index in [2.05, 4.69) is 43.5 Å². The fraction of sp³-hybridized carbons (Fsp3) is 0.667. The lowest BCUT2D eigenvalue weighted by molar-refractivity contribution is 0.226. The lowest BCUT2D eigenvalue weighted by Gasteiger charge is -2.30. The molecule has 16 heavy (non-hydrogen) atoms. The van der Waals surface area contributed by atoms with Gasteiger partial charge in [0.05, 0.1) is 0 Å². The van der Waals surface area contributed by atoms with Crippen molar-refractivity contribution in [3.05, 3.63) is 12.2 Å². The molecule has 2 atom stereocenters. The fourth-order valence-electron chi connectivity index (χ4n) is 3.24. The van der Waals surface area contributed by atoms with Gasteiger partial charge in [-0.15, -0.1) is 0 Å². The number of nitrogens with zero attached hydrogens (tertiary/aromatic N) is 1. The molecule has 2 amide bonds. The quantitative estimate of drug-likeness (QED) is 0.516. The summed E-state index contributed by atoms with van der Waals surface area (Å²) in [5.74, 6) is 0.508. The molecule has 0 aromatic heterocycles.